The molecule has 0 radical (unpaired) electrons. The highest BCUT2D eigenvalue weighted by molar-refractivity contribution is 5.74. The van der Waals surface area contributed by atoms with Gasteiger partial charge in [-0.05, 0) is 23.6 Å². The summed E-state index contributed by atoms with van der Waals surface area (Å²) in [5, 5.41) is 35.7. The van der Waals surface area contributed by atoms with Crippen LogP contribution in [0.5, 0.6) is 5.75 Å². The number of aliphatic hydroxyl groups is 1. The lowest BCUT2D eigenvalue weighted by Crippen LogP contribution is -2.10. The molecule has 16 heavy (non-hydrogen) atoms. The predicted molar refractivity (Wildman–Crippen MR) is 54.6 cm³/mol. The maximum absolute atomic E-state index is 10.5. The summed E-state index contributed by atoms with van der Waals surface area (Å²) in [5.74, 6) is -1.47. The Bertz CT molecular complexity index is 436. The van der Waals surface area contributed by atoms with E-state index in [9.17, 15) is 15.0 Å². The number of benzene rings is 1. The molecule has 0 heterocycles. The van der Waals surface area contributed by atoms with Crippen molar-refractivity contribution in [1.29, 1.82) is 5.26 Å². The Morgan fingerprint density at radius 2 is 2.19 bits per heavy atom. The summed E-state index contributed by atoms with van der Waals surface area (Å²) in [4.78, 5) is 10.5. The molecule has 0 aliphatic heterocycles. The third kappa shape index (κ3) is 2.72. The van der Waals surface area contributed by atoms with Gasteiger partial charge in [0.1, 0.15) is 5.75 Å². The molecule has 0 spiro atoms. The number of rotatable bonds is 4. The van der Waals surface area contributed by atoms with E-state index in [4.69, 9.17) is 10.4 Å². The number of phenols is 1. The quantitative estimate of drug-likeness (QED) is 0.703. The highest BCUT2D eigenvalue weighted by atomic mass is 16.4. The Kier molecular flexibility index (Phi) is 3.86. The van der Waals surface area contributed by atoms with E-state index in [0.717, 1.165) is 0 Å². The second kappa shape index (κ2) is 5.14. The molecule has 0 saturated heterocycles. The van der Waals surface area contributed by atoms with Crippen LogP contribution in [0.4, 0.5) is 0 Å². The maximum Gasteiger partial charge on any atom is 0.337 e. The number of phenolic OH excluding ortho intramolecular Hbond substituents is 1. The minimum Gasteiger partial charge on any atom is -0.508 e. The van der Waals surface area contributed by atoms with Crippen molar-refractivity contribution in [2.75, 3.05) is 0 Å². The lowest BCUT2D eigenvalue weighted by Gasteiger charge is -2.08. The van der Waals surface area contributed by atoms with Crippen molar-refractivity contribution in [3.63, 3.8) is 0 Å². The third-order valence-corrected chi connectivity index (χ3v) is 2.17. The molecule has 1 aromatic rings. The molecule has 84 valence electrons. The first-order valence-corrected chi connectivity index (χ1v) is 4.66. The number of aromatic hydroxyl groups is 1. The van der Waals surface area contributed by atoms with Gasteiger partial charge in [-0.3, -0.25) is 0 Å². The zero-order valence-corrected chi connectivity index (χ0v) is 8.42. The molecule has 1 unspecified atom stereocenters. The molecule has 0 aliphatic rings. The van der Waals surface area contributed by atoms with Crippen LogP contribution in [0.3, 0.4) is 0 Å². The molecule has 0 amide bonds. The maximum atomic E-state index is 10.5. The van der Waals surface area contributed by atoms with Gasteiger partial charge in [-0.1, -0.05) is 12.1 Å². The Labute approximate surface area is 92.2 Å². The summed E-state index contributed by atoms with van der Waals surface area (Å²) < 4.78 is 0. The minimum atomic E-state index is -1.64. The summed E-state index contributed by atoms with van der Waals surface area (Å²) in [5.41, 5.74) is 0.675. The van der Waals surface area contributed by atoms with Gasteiger partial charge in [0, 0.05) is 6.42 Å². The van der Waals surface area contributed by atoms with E-state index in [1.165, 1.54) is 18.2 Å². The van der Waals surface area contributed by atoms with Crippen LogP contribution < -0.4 is 0 Å². The van der Waals surface area contributed by atoms with Crippen molar-refractivity contribution in [1.82, 2.24) is 0 Å². The number of nitriles is 1. The molecule has 1 aromatic carbocycles. The summed E-state index contributed by atoms with van der Waals surface area (Å²) in [6.45, 7) is 0. The standard InChI is InChI=1S/C11H11NO4/c12-5-1-2-7-3-4-8(6-9(7)13)10(14)11(15)16/h3-4,6,10,13-14H,1-2H2,(H,15,16). The van der Waals surface area contributed by atoms with E-state index in [0.29, 0.717) is 12.0 Å². The van der Waals surface area contributed by atoms with Crippen LogP contribution in [0.2, 0.25) is 0 Å². The average molecular weight is 221 g/mol. The first-order valence-electron chi connectivity index (χ1n) is 4.66. The van der Waals surface area contributed by atoms with Gasteiger partial charge in [-0.25, -0.2) is 4.79 Å². The summed E-state index contributed by atoms with van der Waals surface area (Å²) in [6.07, 6.45) is -0.976. The third-order valence-electron chi connectivity index (χ3n) is 2.17. The SMILES string of the molecule is N#CCCc1ccc(C(O)C(=O)O)cc1O. The van der Waals surface area contributed by atoms with E-state index >= 15 is 0 Å². The van der Waals surface area contributed by atoms with Crippen molar-refractivity contribution in [2.45, 2.75) is 18.9 Å². The predicted octanol–water partition coefficient (Wildman–Crippen LogP) is 0.966. The van der Waals surface area contributed by atoms with Gasteiger partial charge in [0.15, 0.2) is 6.10 Å². The van der Waals surface area contributed by atoms with Gasteiger partial charge in [0.25, 0.3) is 0 Å². The fourth-order valence-corrected chi connectivity index (χ4v) is 1.30. The van der Waals surface area contributed by atoms with E-state index < -0.39 is 12.1 Å². The topological polar surface area (TPSA) is 102 Å². The van der Waals surface area contributed by atoms with Gasteiger partial charge in [0.05, 0.1) is 6.07 Å². The Morgan fingerprint density at radius 3 is 2.69 bits per heavy atom. The van der Waals surface area contributed by atoms with Crippen LogP contribution in [0, 0.1) is 11.3 Å². The highest BCUT2D eigenvalue weighted by Crippen LogP contribution is 2.24. The van der Waals surface area contributed by atoms with E-state index in [-0.39, 0.29) is 17.7 Å². The smallest absolute Gasteiger partial charge is 0.337 e. The number of aliphatic carboxylic acids is 1. The Morgan fingerprint density at radius 1 is 1.50 bits per heavy atom. The van der Waals surface area contributed by atoms with Gasteiger partial charge in [-0.2, -0.15) is 5.26 Å². The number of hydrogen-bond donors (Lipinski definition) is 3. The molecular formula is C11H11NO4. The van der Waals surface area contributed by atoms with Gasteiger partial charge < -0.3 is 15.3 Å². The van der Waals surface area contributed by atoms with Crippen LogP contribution in [0.1, 0.15) is 23.7 Å². The second-order valence-electron chi connectivity index (χ2n) is 3.29. The normalized spacial score (nSPS) is 11.8. The zero-order valence-electron chi connectivity index (χ0n) is 8.42. The number of nitrogens with zero attached hydrogens (tertiary/aromatic N) is 1. The molecule has 0 fully saturated rings. The van der Waals surface area contributed by atoms with Gasteiger partial charge in [0.2, 0.25) is 0 Å². The molecule has 0 saturated carbocycles. The lowest BCUT2D eigenvalue weighted by atomic mass is 10.0. The summed E-state index contributed by atoms with van der Waals surface area (Å²) >= 11 is 0. The van der Waals surface area contributed by atoms with Crippen molar-refractivity contribution in [2.24, 2.45) is 0 Å². The fraction of sp³-hybridized carbons (Fsp3) is 0.273. The largest absolute Gasteiger partial charge is 0.508 e. The van der Waals surface area contributed by atoms with E-state index in [1.54, 1.807) is 0 Å². The average Bonchev–Trinajstić information content (AvgIpc) is 2.26. The number of carboxylic acids is 1. The Balaban J connectivity index is 2.91. The Hall–Kier alpha value is -2.06. The van der Waals surface area contributed by atoms with Gasteiger partial charge in [-0.15, -0.1) is 0 Å². The van der Waals surface area contributed by atoms with E-state index in [2.05, 4.69) is 0 Å². The lowest BCUT2D eigenvalue weighted by molar-refractivity contribution is -0.146. The minimum absolute atomic E-state index is 0.104. The molecule has 1 rings (SSSR count). The number of hydrogen-bond acceptors (Lipinski definition) is 4. The molecule has 5 heteroatoms. The molecule has 0 aromatic heterocycles. The summed E-state index contributed by atoms with van der Waals surface area (Å²) in [6, 6.07) is 6.07. The second-order valence-corrected chi connectivity index (χ2v) is 3.29. The van der Waals surface area contributed by atoms with Crippen LogP contribution in [-0.2, 0) is 11.2 Å². The van der Waals surface area contributed by atoms with Crippen LogP contribution >= 0.6 is 0 Å². The van der Waals surface area contributed by atoms with E-state index in [1.807, 2.05) is 6.07 Å². The molecule has 0 bridgehead atoms. The number of carbonyl (C=O) groups is 1. The van der Waals surface area contributed by atoms with Crippen LogP contribution in [0.15, 0.2) is 18.2 Å². The van der Waals surface area contributed by atoms with Crippen LogP contribution in [0.25, 0.3) is 0 Å². The van der Waals surface area contributed by atoms with Crippen molar-refractivity contribution in [3.8, 4) is 11.8 Å². The first-order chi connectivity index (χ1) is 7.56. The fourth-order valence-electron chi connectivity index (χ4n) is 1.30. The van der Waals surface area contributed by atoms with Gasteiger partial charge >= 0.3 is 5.97 Å². The number of aryl methyl sites for hydroxylation is 1. The van der Waals surface area contributed by atoms with Crippen molar-refractivity contribution < 1.29 is 20.1 Å². The first kappa shape index (κ1) is 12.0. The zero-order chi connectivity index (χ0) is 12.1. The summed E-state index contributed by atoms with van der Waals surface area (Å²) in [7, 11) is 0. The molecule has 0 aliphatic carbocycles. The molecule has 3 N–H and O–H groups in total. The monoisotopic (exact) mass is 221 g/mol. The number of carboxylic acid groups (broad SMARTS) is 1. The molecule has 5 nitrogen and oxygen atoms in total. The highest BCUT2D eigenvalue weighted by Gasteiger charge is 2.16. The van der Waals surface area contributed by atoms with Crippen molar-refractivity contribution in [3.05, 3.63) is 29.3 Å². The number of aliphatic hydroxyl groups excluding tert-OH is 1. The molecule has 1 atom stereocenters. The van der Waals surface area contributed by atoms with Crippen molar-refractivity contribution >= 4 is 5.97 Å². The molecular weight excluding hydrogens is 210 g/mol. The van der Waals surface area contributed by atoms with Crippen LogP contribution in [-0.4, -0.2) is 21.3 Å².